The summed E-state index contributed by atoms with van der Waals surface area (Å²) < 4.78 is 6.19. The minimum Gasteiger partial charge on any atom is -0.467 e. The van der Waals surface area contributed by atoms with E-state index in [2.05, 4.69) is 33.1 Å². The Kier molecular flexibility index (Phi) is 5.79. The van der Waals surface area contributed by atoms with Gasteiger partial charge in [0.2, 0.25) is 0 Å². The molecule has 1 aliphatic rings. The van der Waals surface area contributed by atoms with Crippen LogP contribution in [0.2, 0.25) is 0 Å². The van der Waals surface area contributed by atoms with E-state index in [0.717, 1.165) is 42.6 Å². The Labute approximate surface area is 135 Å². The maximum Gasteiger partial charge on any atom is 0.330 e. The van der Waals surface area contributed by atoms with Crippen LogP contribution in [-0.2, 0) is 15.1 Å². The topological polar surface area (TPSA) is 41.6 Å². The predicted molar refractivity (Wildman–Crippen MR) is 87.2 cm³/mol. The average molecular weight is 355 g/mol. The largest absolute Gasteiger partial charge is 0.467 e. The first-order chi connectivity index (χ1) is 10.1. The number of benzene rings is 1. The molecule has 5 heteroatoms. The van der Waals surface area contributed by atoms with Gasteiger partial charge in [0.25, 0.3) is 0 Å². The maximum atomic E-state index is 12.7. The molecule has 1 unspecified atom stereocenters. The van der Waals surface area contributed by atoms with Gasteiger partial charge in [0.05, 0.1) is 7.11 Å². The maximum absolute atomic E-state index is 12.7. The summed E-state index contributed by atoms with van der Waals surface area (Å²) in [4.78, 5) is 14.9. The van der Waals surface area contributed by atoms with Crippen molar-refractivity contribution in [2.45, 2.75) is 25.3 Å². The first kappa shape index (κ1) is 16.5. The van der Waals surface area contributed by atoms with Crippen molar-refractivity contribution in [3.05, 3.63) is 34.3 Å². The number of hydrogen-bond donors (Lipinski definition) is 1. The van der Waals surface area contributed by atoms with Crippen LogP contribution in [0.4, 0.5) is 0 Å². The lowest BCUT2D eigenvalue weighted by Crippen LogP contribution is -2.53. The van der Waals surface area contributed by atoms with Crippen LogP contribution < -0.4 is 5.32 Å². The fourth-order valence-electron chi connectivity index (χ4n) is 3.12. The Morgan fingerprint density at radius 1 is 1.33 bits per heavy atom. The molecule has 116 valence electrons. The van der Waals surface area contributed by atoms with E-state index in [9.17, 15) is 4.79 Å². The highest BCUT2D eigenvalue weighted by Crippen LogP contribution is 2.34. The summed E-state index contributed by atoms with van der Waals surface area (Å²) >= 11 is 3.46. The lowest BCUT2D eigenvalue weighted by Gasteiger charge is -2.41. The second-order valence-corrected chi connectivity index (χ2v) is 6.22. The van der Waals surface area contributed by atoms with E-state index in [-0.39, 0.29) is 5.97 Å². The van der Waals surface area contributed by atoms with Gasteiger partial charge in [0.1, 0.15) is 5.54 Å². The van der Waals surface area contributed by atoms with E-state index >= 15 is 0 Å². The van der Waals surface area contributed by atoms with Crippen molar-refractivity contribution in [1.82, 2.24) is 10.2 Å². The van der Waals surface area contributed by atoms with E-state index in [1.807, 2.05) is 24.3 Å². The van der Waals surface area contributed by atoms with Crippen LogP contribution in [-0.4, -0.2) is 44.2 Å². The second-order valence-electron chi connectivity index (χ2n) is 5.30. The third-order valence-electron chi connectivity index (χ3n) is 4.24. The van der Waals surface area contributed by atoms with Crippen molar-refractivity contribution in [3.63, 3.8) is 0 Å². The molecule has 4 nitrogen and oxygen atoms in total. The molecule has 1 heterocycles. The zero-order valence-corrected chi connectivity index (χ0v) is 14.3. The van der Waals surface area contributed by atoms with Crippen molar-refractivity contribution in [2.24, 2.45) is 0 Å². The van der Waals surface area contributed by atoms with E-state index in [0.29, 0.717) is 6.42 Å². The molecule has 1 saturated heterocycles. The number of carbonyl (C=O) groups is 1. The molecule has 2 rings (SSSR count). The number of carbonyl (C=O) groups excluding carboxylic acids is 1. The third-order valence-corrected chi connectivity index (χ3v) is 4.77. The smallest absolute Gasteiger partial charge is 0.330 e. The van der Waals surface area contributed by atoms with Crippen molar-refractivity contribution in [3.8, 4) is 0 Å². The molecule has 1 fully saturated rings. The van der Waals surface area contributed by atoms with Crippen LogP contribution in [0.5, 0.6) is 0 Å². The van der Waals surface area contributed by atoms with Gasteiger partial charge in [-0.2, -0.15) is 0 Å². The summed E-state index contributed by atoms with van der Waals surface area (Å²) in [6.45, 7) is 5.69. The van der Waals surface area contributed by atoms with Gasteiger partial charge >= 0.3 is 5.97 Å². The van der Waals surface area contributed by atoms with Crippen molar-refractivity contribution < 1.29 is 9.53 Å². The number of methoxy groups -OCH3 is 1. The van der Waals surface area contributed by atoms with Crippen LogP contribution in [0.25, 0.3) is 0 Å². The van der Waals surface area contributed by atoms with Crippen LogP contribution in [0.1, 0.15) is 25.3 Å². The van der Waals surface area contributed by atoms with Crippen molar-refractivity contribution >= 4 is 21.9 Å². The van der Waals surface area contributed by atoms with Gasteiger partial charge in [-0.3, -0.25) is 4.90 Å². The number of hydrogen-bond acceptors (Lipinski definition) is 4. The second kappa shape index (κ2) is 7.38. The predicted octanol–water partition coefficient (Wildman–Crippen LogP) is 2.52. The van der Waals surface area contributed by atoms with Gasteiger partial charge < -0.3 is 10.1 Å². The number of ether oxygens (including phenoxy) is 1. The number of halogens is 1. The number of rotatable bonds is 4. The molecule has 1 aromatic carbocycles. The Bertz CT molecular complexity index is 470. The van der Waals surface area contributed by atoms with E-state index in [1.165, 1.54) is 7.11 Å². The standard InChI is InChI=1S/C16H23BrN2O2/c1-3-16(15(20)21-2,13-5-7-14(17)8-6-13)19-11-4-9-18-10-12-19/h5-8,18H,3-4,9-12H2,1-2H3. The molecule has 21 heavy (non-hydrogen) atoms. The molecule has 0 amide bonds. The van der Waals surface area contributed by atoms with E-state index in [4.69, 9.17) is 4.74 Å². The molecule has 0 bridgehead atoms. The summed E-state index contributed by atoms with van der Waals surface area (Å²) in [7, 11) is 1.47. The molecule has 1 N–H and O–H groups in total. The molecule has 0 saturated carbocycles. The molecular weight excluding hydrogens is 332 g/mol. The Morgan fingerprint density at radius 3 is 2.67 bits per heavy atom. The quantitative estimate of drug-likeness (QED) is 0.843. The SMILES string of the molecule is CCC(C(=O)OC)(c1ccc(Br)cc1)N1CCCNCC1. The van der Waals surface area contributed by atoms with Crippen LogP contribution >= 0.6 is 15.9 Å². The van der Waals surface area contributed by atoms with Crippen molar-refractivity contribution in [2.75, 3.05) is 33.3 Å². The zero-order valence-electron chi connectivity index (χ0n) is 12.7. The van der Waals surface area contributed by atoms with Gasteiger partial charge in [-0.05, 0) is 37.1 Å². The Balaban J connectivity index is 2.46. The summed E-state index contributed by atoms with van der Waals surface area (Å²) in [6.07, 6.45) is 1.73. The third kappa shape index (κ3) is 3.30. The van der Waals surface area contributed by atoms with Gasteiger partial charge in [-0.25, -0.2) is 4.79 Å². The first-order valence-corrected chi connectivity index (χ1v) is 8.24. The van der Waals surface area contributed by atoms with E-state index < -0.39 is 5.54 Å². The fraction of sp³-hybridized carbons (Fsp3) is 0.562. The molecule has 0 radical (unpaired) electrons. The normalized spacial score (nSPS) is 19.6. The summed E-state index contributed by atoms with van der Waals surface area (Å²) in [5.41, 5.74) is 0.309. The number of esters is 1. The summed E-state index contributed by atoms with van der Waals surface area (Å²) in [6, 6.07) is 8.00. The lowest BCUT2D eigenvalue weighted by atomic mass is 9.85. The highest BCUT2D eigenvalue weighted by Gasteiger charge is 2.45. The molecule has 0 spiro atoms. The highest BCUT2D eigenvalue weighted by molar-refractivity contribution is 9.10. The Hall–Kier alpha value is -0.910. The molecule has 0 aliphatic carbocycles. The zero-order chi connectivity index (χ0) is 15.3. The lowest BCUT2D eigenvalue weighted by molar-refractivity contribution is -0.156. The van der Waals surface area contributed by atoms with E-state index in [1.54, 1.807) is 0 Å². The van der Waals surface area contributed by atoms with Crippen molar-refractivity contribution in [1.29, 1.82) is 0 Å². The minimum absolute atomic E-state index is 0.172. The molecule has 1 atom stereocenters. The first-order valence-electron chi connectivity index (χ1n) is 7.45. The van der Waals surface area contributed by atoms with Crippen LogP contribution in [0.3, 0.4) is 0 Å². The average Bonchev–Trinajstić information content (AvgIpc) is 2.79. The highest BCUT2D eigenvalue weighted by atomic mass is 79.9. The van der Waals surface area contributed by atoms with Gasteiger partial charge in [0.15, 0.2) is 0 Å². The Morgan fingerprint density at radius 2 is 2.05 bits per heavy atom. The monoisotopic (exact) mass is 354 g/mol. The van der Waals surface area contributed by atoms with Gasteiger partial charge in [-0.15, -0.1) is 0 Å². The van der Waals surface area contributed by atoms with Gasteiger partial charge in [-0.1, -0.05) is 35.0 Å². The molecular formula is C16H23BrN2O2. The summed E-state index contributed by atoms with van der Waals surface area (Å²) in [5, 5.41) is 3.39. The van der Waals surface area contributed by atoms with Crippen LogP contribution in [0, 0.1) is 0 Å². The molecule has 1 aromatic rings. The number of nitrogens with one attached hydrogen (secondary N) is 1. The number of nitrogens with zero attached hydrogens (tertiary/aromatic N) is 1. The molecule has 1 aliphatic heterocycles. The molecule has 0 aromatic heterocycles. The van der Waals surface area contributed by atoms with Crippen LogP contribution in [0.15, 0.2) is 28.7 Å². The van der Waals surface area contributed by atoms with Gasteiger partial charge in [0, 0.05) is 24.1 Å². The summed E-state index contributed by atoms with van der Waals surface area (Å²) in [5.74, 6) is -0.172. The fourth-order valence-corrected chi connectivity index (χ4v) is 3.39. The minimum atomic E-state index is -0.693.